The number of hydrogen-bond donors (Lipinski definition) is 1. The molecular formula is C13H15FN2OS. The predicted molar refractivity (Wildman–Crippen MR) is 71.8 cm³/mol. The van der Waals surface area contributed by atoms with Gasteiger partial charge in [-0.1, -0.05) is 0 Å². The molecule has 96 valence electrons. The van der Waals surface area contributed by atoms with E-state index in [1.807, 2.05) is 19.2 Å². The first kappa shape index (κ1) is 12.8. The van der Waals surface area contributed by atoms with Crippen LogP contribution in [0.3, 0.4) is 0 Å². The number of halogens is 1. The Morgan fingerprint density at radius 3 is 2.78 bits per heavy atom. The Morgan fingerprint density at radius 2 is 2.22 bits per heavy atom. The van der Waals surface area contributed by atoms with Gasteiger partial charge in [0.15, 0.2) is 11.6 Å². The normalized spacial score (nSPS) is 12.2. The maximum atomic E-state index is 13.5. The molecule has 1 aromatic carbocycles. The second kappa shape index (κ2) is 5.35. The lowest BCUT2D eigenvalue weighted by molar-refractivity contribution is 0.386. The molecule has 0 aliphatic rings. The molecule has 18 heavy (non-hydrogen) atoms. The highest BCUT2D eigenvalue weighted by atomic mass is 32.1. The van der Waals surface area contributed by atoms with Crippen LogP contribution < -0.4 is 10.1 Å². The number of methoxy groups -OCH3 is 1. The van der Waals surface area contributed by atoms with E-state index in [9.17, 15) is 4.39 Å². The number of nitrogens with one attached hydrogen (secondary N) is 1. The summed E-state index contributed by atoms with van der Waals surface area (Å²) < 4.78 is 18.4. The molecule has 0 spiro atoms. The molecule has 0 fully saturated rings. The Bertz CT molecular complexity index is 542. The minimum atomic E-state index is -0.371. The molecule has 2 rings (SSSR count). The lowest BCUT2D eigenvalue weighted by atomic mass is 10.2. The first-order valence-electron chi connectivity index (χ1n) is 5.62. The number of aromatic nitrogens is 1. The summed E-state index contributed by atoms with van der Waals surface area (Å²) in [5.41, 5.74) is 1.68. The van der Waals surface area contributed by atoms with Crippen LogP contribution in [0.1, 0.15) is 23.7 Å². The van der Waals surface area contributed by atoms with Gasteiger partial charge in [0.05, 0.1) is 23.9 Å². The van der Waals surface area contributed by atoms with E-state index in [1.165, 1.54) is 13.2 Å². The quantitative estimate of drug-likeness (QED) is 0.914. The molecule has 1 N–H and O–H groups in total. The number of aryl methyl sites for hydroxylation is 1. The van der Waals surface area contributed by atoms with Gasteiger partial charge in [-0.15, -0.1) is 11.3 Å². The van der Waals surface area contributed by atoms with Crippen LogP contribution in [0, 0.1) is 12.7 Å². The highest BCUT2D eigenvalue weighted by molar-refractivity contribution is 7.09. The van der Waals surface area contributed by atoms with Crippen molar-refractivity contribution in [2.45, 2.75) is 19.9 Å². The lowest BCUT2D eigenvalue weighted by Crippen LogP contribution is -2.07. The third-order valence-electron chi connectivity index (χ3n) is 2.62. The molecule has 1 heterocycles. The summed E-state index contributed by atoms with van der Waals surface area (Å²) in [6.07, 6.45) is 0. The van der Waals surface area contributed by atoms with Gasteiger partial charge in [-0.25, -0.2) is 9.37 Å². The SMILES string of the molecule is COc1ccc(NC(C)c2csc(C)n2)cc1F. The molecule has 0 aliphatic heterocycles. The second-order valence-electron chi connectivity index (χ2n) is 4.01. The van der Waals surface area contributed by atoms with Crippen molar-refractivity contribution < 1.29 is 9.13 Å². The molecule has 5 heteroatoms. The standard InChI is InChI=1S/C13H15FN2OS/c1-8(12-7-18-9(2)16-12)15-10-4-5-13(17-3)11(14)6-10/h4-8,15H,1-3H3. The van der Waals surface area contributed by atoms with Crippen LogP contribution >= 0.6 is 11.3 Å². The lowest BCUT2D eigenvalue weighted by Gasteiger charge is -2.13. The van der Waals surface area contributed by atoms with E-state index >= 15 is 0 Å². The van der Waals surface area contributed by atoms with Crippen LogP contribution in [0.25, 0.3) is 0 Å². The summed E-state index contributed by atoms with van der Waals surface area (Å²) >= 11 is 1.61. The summed E-state index contributed by atoms with van der Waals surface area (Å²) in [5.74, 6) is -0.123. The largest absolute Gasteiger partial charge is 0.494 e. The topological polar surface area (TPSA) is 34.1 Å². The maximum absolute atomic E-state index is 13.5. The molecule has 0 saturated heterocycles. The summed E-state index contributed by atoms with van der Waals surface area (Å²) in [7, 11) is 1.45. The Balaban J connectivity index is 2.12. The van der Waals surface area contributed by atoms with Crippen molar-refractivity contribution in [3.05, 3.63) is 40.1 Å². The summed E-state index contributed by atoms with van der Waals surface area (Å²) in [5, 5.41) is 6.25. The molecule has 1 unspecified atom stereocenters. The fourth-order valence-corrected chi connectivity index (χ4v) is 2.37. The minimum Gasteiger partial charge on any atom is -0.494 e. The molecule has 0 radical (unpaired) electrons. The number of thiazole rings is 1. The predicted octanol–water partition coefficient (Wildman–Crippen LogP) is 3.77. The molecule has 0 saturated carbocycles. The van der Waals surface area contributed by atoms with Crippen molar-refractivity contribution in [3.8, 4) is 5.75 Å². The first-order valence-corrected chi connectivity index (χ1v) is 6.50. The van der Waals surface area contributed by atoms with Gasteiger partial charge in [0.2, 0.25) is 0 Å². The number of hydrogen-bond acceptors (Lipinski definition) is 4. The van der Waals surface area contributed by atoms with Gasteiger partial charge < -0.3 is 10.1 Å². The fourth-order valence-electron chi connectivity index (χ4n) is 1.66. The van der Waals surface area contributed by atoms with Crippen molar-refractivity contribution in [3.63, 3.8) is 0 Å². The molecular weight excluding hydrogens is 251 g/mol. The Labute approximate surface area is 110 Å². The Morgan fingerprint density at radius 1 is 1.44 bits per heavy atom. The van der Waals surface area contributed by atoms with Crippen molar-refractivity contribution in [2.24, 2.45) is 0 Å². The van der Waals surface area contributed by atoms with E-state index in [0.717, 1.165) is 10.7 Å². The highest BCUT2D eigenvalue weighted by Crippen LogP contribution is 2.24. The molecule has 1 atom stereocenters. The summed E-state index contributed by atoms with van der Waals surface area (Å²) in [6, 6.07) is 4.87. The maximum Gasteiger partial charge on any atom is 0.167 e. The van der Waals surface area contributed by atoms with Gasteiger partial charge in [-0.2, -0.15) is 0 Å². The van der Waals surface area contributed by atoms with Gasteiger partial charge in [0.25, 0.3) is 0 Å². The Hall–Kier alpha value is -1.62. The van der Waals surface area contributed by atoms with Gasteiger partial charge in [-0.05, 0) is 26.0 Å². The van der Waals surface area contributed by atoms with Crippen molar-refractivity contribution >= 4 is 17.0 Å². The van der Waals surface area contributed by atoms with Crippen LogP contribution in [-0.2, 0) is 0 Å². The molecule has 0 aliphatic carbocycles. The van der Waals surface area contributed by atoms with Gasteiger partial charge in [0.1, 0.15) is 0 Å². The number of anilines is 1. The smallest absolute Gasteiger partial charge is 0.167 e. The van der Waals surface area contributed by atoms with Gasteiger partial charge in [0, 0.05) is 17.1 Å². The highest BCUT2D eigenvalue weighted by Gasteiger charge is 2.10. The third kappa shape index (κ3) is 2.79. The summed E-state index contributed by atoms with van der Waals surface area (Å²) in [4.78, 5) is 4.40. The van der Waals surface area contributed by atoms with E-state index in [1.54, 1.807) is 23.5 Å². The van der Waals surface area contributed by atoms with Gasteiger partial charge in [-0.3, -0.25) is 0 Å². The van der Waals surface area contributed by atoms with Crippen LogP contribution in [0.5, 0.6) is 5.75 Å². The van der Waals surface area contributed by atoms with E-state index in [2.05, 4.69) is 10.3 Å². The molecule has 0 bridgehead atoms. The van der Waals surface area contributed by atoms with E-state index < -0.39 is 0 Å². The monoisotopic (exact) mass is 266 g/mol. The van der Waals surface area contributed by atoms with E-state index in [0.29, 0.717) is 5.69 Å². The molecule has 2 aromatic rings. The molecule has 3 nitrogen and oxygen atoms in total. The van der Waals surface area contributed by atoms with Crippen LogP contribution in [-0.4, -0.2) is 12.1 Å². The number of rotatable bonds is 4. The van der Waals surface area contributed by atoms with Crippen molar-refractivity contribution in [1.82, 2.24) is 4.98 Å². The number of nitrogens with zero attached hydrogens (tertiary/aromatic N) is 1. The zero-order chi connectivity index (χ0) is 13.1. The summed E-state index contributed by atoms with van der Waals surface area (Å²) in [6.45, 7) is 3.96. The third-order valence-corrected chi connectivity index (χ3v) is 3.41. The fraction of sp³-hybridized carbons (Fsp3) is 0.308. The number of ether oxygens (including phenoxy) is 1. The van der Waals surface area contributed by atoms with E-state index in [-0.39, 0.29) is 17.6 Å². The van der Waals surface area contributed by atoms with Crippen LogP contribution in [0.2, 0.25) is 0 Å². The van der Waals surface area contributed by atoms with E-state index in [4.69, 9.17) is 4.74 Å². The molecule has 0 amide bonds. The zero-order valence-corrected chi connectivity index (χ0v) is 11.3. The minimum absolute atomic E-state index is 0.0442. The number of benzene rings is 1. The van der Waals surface area contributed by atoms with Crippen LogP contribution in [0.15, 0.2) is 23.6 Å². The average Bonchev–Trinajstić information content (AvgIpc) is 2.76. The zero-order valence-electron chi connectivity index (χ0n) is 10.5. The first-order chi connectivity index (χ1) is 8.60. The van der Waals surface area contributed by atoms with Crippen molar-refractivity contribution in [2.75, 3.05) is 12.4 Å². The Kier molecular flexibility index (Phi) is 3.81. The van der Waals surface area contributed by atoms with Crippen molar-refractivity contribution in [1.29, 1.82) is 0 Å². The average molecular weight is 266 g/mol. The molecule has 1 aromatic heterocycles. The van der Waals surface area contributed by atoms with Crippen LogP contribution in [0.4, 0.5) is 10.1 Å². The van der Waals surface area contributed by atoms with Gasteiger partial charge >= 0.3 is 0 Å². The second-order valence-corrected chi connectivity index (χ2v) is 5.07.